The normalized spacial score (nSPS) is 19.2. The van der Waals surface area contributed by atoms with Gasteiger partial charge in [-0.05, 0) is 17.8 Å². The molecule has 1 fully saturated rings. The van der Waals surface area contributed by atoms with Crippen molar-refractivity contribution in [2.24, 2.45) is 17.9 Å². The van der Waals surface area contributed by atoms with Crippen molar-refractivity contribution < 1.29 is 4.79 Å². The largest absolute Gasteiger partial charge is 0.304 e. The standard InChI is InChI=1S/C15H22N6O/c1-8-11(19-20-21(8)6)13(22)16-10-7-9(17-18-10)12-14(2,3)15(12,4)5/h7,12H,1-6H3,(H2,16,17,18,22). The van der Waals surface area contributed by atoms with Gasteiger partial charge >= 0.3 is 0 Å². The molecule has 0 radical (unpaired) electrons. The third-order valence-corrected chi connectivity index (χ3v) is 5.49. The number of rotatable bonds is 3. The lowest BCUT2D eigenvalue weighted by atomic mass is 10.0. The fourth-order valence-corrected chi connectivity index (χ4v) is 3.31. The van der Waals surface area contributed by atoms with Crippen LogP contribution in [0.4, 0.5) is 5.82 Å². The van der Waals surface area contributed by atoms with E-state index in [-0.39, 0.29) is 16.7 Å². The number of aryl methyl sites for hydroxylation is 1. The molecule has 0 atom stereocenters. The predicted molar refractivity (Wildman–Crippen MR) is 82.6 cm³/mol. The molecule has 1 amide bonds. The molecule has 0 bridgehead atoms. The molecule has 7 heteroatoms. The molecule has 3 rings (SSSR count). The zero-order valence-corrected chi connectivity index (χ0v) is 13.9. The van der Waals surface area contributed by atoms with Crippen LogP contribution in [0.1, 0.15) is 55.5 Å². The Balaban J connectivity index is 1.76. The molecule has 2 N–H and O–H groups in total. The quantitative estimate of drug-likeness (QED) is 0.910. The van der Waals surface area contributed by atoms with Crippen LogP contribution in [0.2, 0.25) is 0 Å². The molecule has 7 nitrogen and oxygen atoms in total. The van der Waals surface area contributed by atoms with E-state index in [4.69, 9.17) is 0 Å². The smallest absolute Gasteiger partial charge is 0.279 e. The number of hydrogen-bond acceptors (Lipinski definition) is 4. The third kappa shape index (κ3) is 1.95. The van der Waals surface area contributed by atoms with Crippen molar-refractivity contribution in [3.05, 3.63) is 23.1 Å². The van der Waals surface area contributed by atoms with Gasteiger partial charge in [-0.2, -0.15) is 5.10 Å². The number of aromatic amines is 1. The number of anilines is 1. The Bertz CT molecular complexity index is 725. The monoisotopic (exact) mass is 302 g/mol. The van der Waals surface area contributed by atoms with Crippen molar-refractivity contribution in [1.29, 1.82) is 0 Å². The van der Waals surface area contributed by atoms with Crippen LogP contribution in [-0.4, -0.2) is 31.1 Å². The van der Waals surface area contributed by atoms with E-state index in [2.05, 4.69) is 53.5 Å². The van der Waals surface area contributed by atoms with E-state index in [0.717, 1.165) is 11.4 Å². The van der Waals surface area contributed by atoms with Crippen molar-refractivity contribution in [2.45, 2.75) is 40.5 Å². The van der Waals surface area contributed by atoms with Gasteiger partial charge in [0, 0.05) is 24.7 Å². The molecule has 0 aromatic carbocycles. The summed E-state index contributed by atoms with van der Waals surface area (Å²) in [6, 6.07) is 1.91. The number of nitrogens with one attached hydrogen (secondary N) is 2. The summed E-state index contributed by atoms with van der Waals surface area (Å²) in [7, 11) is 1.75. The van der Waals surface area contributed by atoms with Crippen LogP contribution in [0.15, 0.2) is 6.07 Å². The highest BCUT2D eigenvalue weighted by Gasteiger charge is 2.65. The maximum absolute atomic E-state index is 12.2. The van der Waals surface area contributed by atoms with Gasteiger partial charge in [0.25, 0.3) is 5.91 Å². The van der Waals surface area contributed by atoms with E-state index < -0.39 is 0 Å². The maximum Gasteiger partial charge on any atom is 0.279 e. The first-order chi connectivity index (χ1) is 10.2. The van der Waals surface area contributed by atoms with E-state index in [9.17, 15) is 4.79 Å². The van der Waals surface area contributed by atoms with Crippen LogP contribution in [0.3, 0.4) is 0 Å². The summed E-state index contributed by atoms with van der Waals surface area (Å²) in [5, 5.41) is 17.7. The second-order valence-corrected chi connectivity index (χ2v) is 7.19. The van der Waals surface area contributed by atoms with Crippen molar-refractivity contribution in [3.63, 3.8) is 0 Å². The molecule has 22 heavy (non-hydrogen) atoms. The van der Waals surface area contributed by atoms with Crippen LogP contribution in [0, 0.1) is 17.8 Å². The summed E-state index contributed by atoms with van der Waals surface area (Å²) >= 11 is 0. The molecule has 1 aliphatic rings. The van der Waals surface area contributed by atoms with E-state index in [0.29, 0.717) is 17.4 Å². The van der Waals surface area contributed by atoms with E-state index in [1.807, 2.05) is 6.07 Å². The molecule has 1 saturated carbocycles. The first-order valence-electron chi connectivity index (χ1n) is 7.39. The number of H-pyrrole nitrogens is 1. The highest BCUT2D eigenvalue weighted by molar-refractivity contribution is 6.03. The lowest BCUT2D eigenvalue weighted by Crippen LogP contribution is -2.14. The lowest BCUT2D eigenvalue weighted by molar-refractivity contribution is 0.102. The zero-order chi connectivity index (χ0) is 16.3. The average molecular weight is 302 g/mol. The molecule has 0 unspecified atom stereocenters. The molecule has 118 valence electrons. The minimum Gasteiger partial charge on any atom is -0.304 e. The van der Waals surface area contributed by atoms with Crippen LogP contribution < -0.4 is 5.32 Å². The second-order valence-electron chi connectivity index (χ2n) is 7.19. The van der Waals surface area contributed by atoms with Crippen molar-refractivity contribution >= 4 is 11.7 Å². The van der Waals surface area contributed by atoms with E-state index in [1.54, 1.807) is 18.7 Å². The Morgan fingerprint density at radius 1 is 1.32 bits per heavy atom. The summed E-state index contributed by atoms with van der Waals surface area (Å²) in [5.74, 6) is 0.637. The maximum atomic E-state index is 12.2. The third-order valence-electron chi connectivity index (χ3n) is 5.49. The average Bonchev–Trinajstić information content (AvgIpc) is 2.83. The Kier molecular flexibility index (Phi) is 2.95. The van der Waals surface area contributed by atoms with Crippen LogP contribution in [0.5, 0.6) is 0 Å². The molecule has 2 aromatic rings. The van der Waals surface area contributed by atoms with Crippen molar-refractivity contribution in [3.8, 4) is 0 Å². The second kappa shape index (κ2) is 4.41. The van der Waals surface area contributed by atoms with Gasteiger partial charge in [0.15, 0.2) is 11.5 Å². The number of amides is 1. The van der Waals surface area contributed by atoms with Gasteiger partial charge in [-0.1, -0.05) is 32.9 Å². The molecule has 0 spiro atoms. The Hall–Kier alpha value is -2.18. The summed E-state index contributed by atoms with van der Waals surface area (Å²) < 4.78 is 1.57. The summed E-state index contributed by atoms with van der Waals surface area (Å²) in [4.78, 5) is 12.2. The van der Waals surface area contributed by atoms with Gasteiger partial charge in [-0.15, -0.1) is 5.10 Å². The Morgan fingerprint density at radius 3 is 2.45 bits per heavy atom. The fraction of sp³-hybridized carbons (Fsp3) is 0.600. The molecule has 0 aliphatic heterocycles. The number of aromatic nitrogens is 5. The summed E-state index contributed by atoms with van der Waals surface area (Å²) in [6.07, 6.45) is 0. The van der Waals surface area contributed by atoms with Gasteiger partial charge in [-0.3, -0.25) is 14.6 Å². The highest BCUT2D eigenvalue weighted by atomic mass is 16.2. The first-order valence-corrected chi connectivity index (χ1v) is 7.39. The summed E-state index contributed by atoms with van der Waals surface area (Å²) in [6.45, 7) is 10.8. The van der Waals surface area contributed by atoms with E-state index in [1.165, 1.54) is 0 Å². The zero-order valence-electron chi connectivity index (χ0n) is 13.9. The highest BCUT2D eigenvalue weighted by Crippen LogP contribution is 2.73. The molecular formula is C15H22N6O. The number of nitrogens with zero attached hydrogens (tertiary/aromatic N) is 4. The first kappa shape index (κ1) is 14.7. The Morgan fingerprint density at radius 2 is 1.95 bits per heavy atom. The Labute approximate surface area is 129 Å². The predicted octanol–water partition coefficient (Wildman–Crippen LogP) is 2.25. The van der Waals surface area contributed by atoms with Crippen molar-refractivity contribution in [1.82, 2.24) is 25.2 Å². The lowest BCUT2D eigenvalue weighted by Gasteiger charge is -2.03. The minimum absolute atomic E-state index is 0.225. The van der Waals surface area contributed by atoms with E-state index >= 15 is 0 Å². The van der Waals surface area contributed by atoms with Gasteiger partial charge in [0.05, 0.1) is 5.69 Å². The molecular weight excluding hydrogens is 280 g/mol. The minimum atomic E-state index is -0.294. The molecule has 2 heterocycles. The van der Waals surface area contributed by atoms with Crippen molar-refractivity contribution in [2.75, 3.05) is 5.32 Å². The van der Waals surface area contributed by atoms with Crippen LogP contribution in [-0.2, 0) is 7.05 Å². The number of carbonyl (C=O) groups is 1. The van der Waals surface area contributed by atoms with Gasteiger partial charge in [-0.25, -0.2) is 0 Å². The number of hydrogen-bond donors (Lipinski definition) is 2. The molecule has 1 aliphatic carbocycles. The number of carbonyl (C=O) groups excluding carboxylic acids is 1. The van der Waals surface area contributed by atoms with Gasteiger partial charge < -0.3 is 5.32 Å². The SMILES string of the molecule is Cc1c(C(=O)Nc2cc(C3C(C)(C)C3(C)C)[nH]n2)nnn1C. The van der Waals surface area contributed by atoms with Crippen LogP contribution >= 0.6 is 0 Å². The van der Waals surface area contributed by atoms with Crippen LogP contribution in [0.25, 0.3) is 0 Å². The summed E-state index contributed by atoms with van der Waals surface area (Å²) in [5.41, 5.74) is 2.54. The van der Waals surface area contributed by atoms with Gasteiger partial charge in [0.1, 0.15) is 0 Å². The topological polar surface area (TPSA) is 88.5 Å². The molecule has 0 saturated heterocycles. The molecule has 2 aromatic heterocycles. The van der Waals surface area contributed by atoms with Gasteiger partial charge in [0.2, 0.25) is 0 Å². The fourth-order valence-electron chi connectivity index (χ4n) is 3.31.